The van der Waals surface area contributed by atoms with Crippen LogP contribution < -0.4 is 4.90 Å². The number of pyridine rings is 1. The van der Waals surface area contributed by atoms with Crippen molar-refractivity contribution >= 4 is 22.8 Å². The third kappa shape index (κ3) is 4.11. The summed E-state index contributed by atoms with van der Waals surface area (Å²) in [6.07, 6.45) is 1.60. The van der Waals surface area contributed by atoms with Crippen LogP contribution in [0.3, 0.4) is 0 Å². The fraction of sp³-hybridized carbons (Fsp3) is 0.476. The predicted molar refractivity (Wildman–Crippen MR) is 102 cm³/mol. The van der Waals surface area contributed by atoms with E-state index in [1.165, 1.54) is 12.0 Å². The number of aromatic nitrogens is 1. The molecule has 0 unspecified atom stereocenters. The molecule has 3 rings (SSSR count). The zero-order chi connectivity index (χ0) is 19.4. The lowest BCUT2D eigenvalue weighted by Gasteiger charge is -2.28. The van der Waals surface area contributed by atoms with Gasteiger partial charge < -0.3 is 14.4 Å². The molecular formula is C21H27N2O4+. The first-order valence-corrected chi connectivity index (χ1v) is 9.51. The number of methoxy groups -OCH3 is 1. The summed E-state index contributed by atoms with van der Waals surface area (Å²) >= 11 is 0. The number of piperidine rings is 1. The topological polar surface area (TPSA) is 69.9 Å². The number of likely N-dealkylation sites (tertiary alicyclic amines) is 1. The van der Waals surface area contributed by atoms with Gasteiger partial charge in [-0.05, 0) is 25.5 Å². The first kappa shape index (κ1) is 19.3. The van der Waals surface area contributed by atoms with Gasteiger partial charge in [0.15, 0.2) is 0 Å². The molecule has 0 saturated carbocycles. The Bertz CT molecular complexity index is 841. The van der Waals surface area contributed by atoms with E-state index in [-0.39, 0.29) is 17.9 Å². The number of quaternary nitrogens is 1. The van der Waals surface area contributed by atoms with E-state index in [1.807, 2.05) is 38.1 Å². The van der Waals surface area contributed by atoms with Crippen molar-refractivity contribution in [2.75, 3.05) is 26.8 Å². The summed E-state index contributed by atoms with van der Waals surface area (Å²) in [5, 5.41) is 0.970. The minimum atomic E-state index is -0.346. The van der Waals surface area contributed by atoms with Gasteiger partial charge in [0.2, 0.25) is 0 Å². The normalized spacial score (nSPS) is 19.7. The molecule has 1 aliphatic rings. The molecule has 2 aromatic rings. The predicted octanol–water partition coefficient (Wildman–Crippen LogP) is 1.69. The number of nitrogens with zero attached hydrogens (tertiary/aromatic N) is 1. The highest BCUT2D eigenvalue weighted by molar-refractivity contribution is 5.98. The Labute approximate surface area is 159 Å². The molecule has 0 atom stereocenters. The maximum absolute atomic E-state index is 12.4. The number of rotatable bonds is 5. The van der Waals surface area contributed by atoms with Crippen LogP contribution >= 0.6 is 0 Å². The van der Waals surface area contributed by atoms with Gasteiger partial charge in [0.1, 0.15) is 12.2 Å². The standard InChI is InChI=1S/C21H26N2O4/c1-4-27-20(24)15-9-11-23(12-10-15)13-18-19(21(25)26-3)14(2)16-7-5-6-8-17(16)22-18/h5-8,15H,4,9-13H2,1-3H3/p+1. The van der Waals surface area contributed by atoms with Gasteiger partial charge in [0.05, 0.1) is 43.8 Å². The number of esters is 2. The quantitative estimate of drug-likeness (QED) is 0.810. The van der Waals surface area contributed by atoms with Gasteiger partial charge in [-0.1, -0.05) is 18.2 Å². The molecule has 1 aliphatic heterocycles. The van der Waals surface area contributed by atoms with Crippen molar-refractivity contribution in [1.82, 2.24) is 4.98 Å². The van der Waals surface area contributed by atoms with Crippen LogP contribution in [0.5, 0.6) is 0 Å². The zero-order valence-electron chi connectivity index (χ0n) is 16.2. The Morgan fingerprint density at radius 1 is 1.22 bits per heavy atom. The highest BCUT2D eigenvalue weighted by Crippen LogP contribution is 2.23. The number of carbonyl (C=O) groups excluding carboxylic acids is 2. The number of ether oxygens (including phenoxy) is 2. The highest BCUT2D eigenvalue weighted by Gasteiger charge is 2.30. The van der Waals surface area contributed by atoms with Gasteiger partial charge in [-0.3, -0.25) is 4.79 Å². The Kier molecular flexibility index (Phi) is 6.06. The second-order valence-electron chi connectivity index (χ2n) is 7.02. The highest BCUT2D eigenvalue weighted by atomic mass is 16.5. The Morgan fingerprint density at radius 3 is 2.59 bits per heavy atom. The van der Waals surface area contributed by atoms with E-state index in [2.05, 4.69) is 0 Å². The minimum absolute atomic E-state index is 0.0138. The number of para-hydroxylation sites is 1. The molecule has 2 heterocycles. The second kappa shape index (κ2) is 8.48. The van der Waals surface area contributed by atoms with Gasteiger partial charge in [-0.15, -0.1) is 0 Å². The maximum atomic E-state index is 12.4. The van der Waals surface area contributed by atoms with E-state index in [0.29, 0.717) is 18.7 Å². The SMILES string of the molecule is CCOC(=O)C1CC[NH+](Cc2nc3ccccc3c(C)c2C(=O)OC)CC1. The summed E-state index contributed by atoms with van der Waals surface area (Å²) in [5.41, 5.74) is 3.13. The lowest BCUT2D eigenvalue weighted by atomic mass is 9.96. The average molecular weight is 371 g/mol. The van der Waals surface area contributed by atoms with E-state index in [1.54, 1.807) is 0 Å². The molecular weight excluding hydrogens is 344 g/mol. The number of fused-ring (bicyclic) bond motifs is 1. The van der Waals surface area contributed by atoms with Gasteiger partial charge >= 0.3 is 11.9 Å². The van der Waals surface area contributed by atoms with Crippen LogP contribution in [0.1, 0.15) is 41.4 Å². The second-order valence-corrected chi connectivity index (χ2v) is 7.02. The number of hydrogen-bond donors (Lipinski definition) is 1. The lowest BCUT2D eigenvalue weighted by molar-refractivity contribution is -0.919. The zero-order valence-corrected chi connectivity index (χ0v) is 16.2. The summed E-state index contributed by atoms with van der Waals surface area (Å²) in [7, 11) is 1.40. The van der Waals surface area contributed by atoms with Crippen molar-refractivity contribution in [2.24, 2.45) is 5.92 Å². The molecule has 1 N–H and O–H groups in total. The van der Waals surface area contributed by atoms with E-state index in [0.717, 1.165) is 48.1 Å². The molecule has 1 aromatic heterocycles. The first-order valence-electron chi connectivity index (χ1n) is 9.51. The van der Waals surface area contributed by atoms with Crippen molar-refractivity contribution < 1.29 is 24.0 Å². The molecule has 0 aliphatic carbocycles. The van der Waals surface area contributed by atoms with Gasteiger partial charge in [-0.25, -0.2) is 9.78 Å². The molecule has 0 spiro atoms. The van der Waals surface area contributed by atoms with Gasteiger partial charge in [0.25, 0.3) is 0 Å². The van der Waals surface area contributed by atoms with Crippen molar-refractivity contribution in [3.05, 3.63) is 41.1 Å². The third-order valence-corrected chi connectivity index (χ3v) is 5.35. The van der Waals surface area contributed by atoms with E-state index < -0.39 is 0 Å². The number of benzene rings is 1. The van der Waals surface area contributed by atoms with Crippen molar-refractivity contribution in [3.8, 4) is 0 Å². The molecule has 1 fully saturated rings. The van der Waals surface area contributed by atoms with Crippen molar-refractivity contribution in [1.29, 1.82) is 0 Å². The van der Waals surface area contributed by atoms with E-state index >= 15 is 0 Å². The number of hydrogen-bond acceptors (Lipinski definition) is 5. The van der Waals surface area contributed by atoms with Crippen LogP contribution in [-0.2, 0) is 20.8 Å². The molecule has 0 amide bonds. The van der Waals surface area contributed by atoms with E-state index in [9.17, 15) is 9.59 Å². The van der Waals surface area contributed by atoms with Crippen LogP contribution in [0.15, 0.2) is 24.3 Å². The molecule has 1 saturated heterocycles. The summed E-state index contributed by atoms with van der Waals surface area (Å²) in [6, 6.07) is 7.85. The lowest BCUT2D eigenvalue weighted by Crippen LogP contribution is -3.12. The molecule has 27 heavy (non-hydrogen) atoms. The fourth-order valence-electron chi connectivity index (χ4n) is 3.88. The monoisotopic (exact) mass is 371 g/mol. The van der Waals surface area contributed by atoms with E-state index in [4.69, 9.17) is 14.5 Å². The molecule has 0 bridgehead atoms. The molecule has 1 aromatic carbocycles. The summed E-state index contributed by atoms with van der Waals surface area (Å²) in [5.74, 6) is -0.451. The Hall–Kier alpha value is -2.47. The van der Waals surface area contributed by atoms with Crippen LogP contribution in [-0.4, -0.2) is 43.7 Å². The number of aryl methyl sites for hydroxylation is 1. The molecule has 144 valence electrons. The Balaban J connectivity index is 1.82. The summed E-state index contributed by atoms with van der Waals surface area (Å²) in [4.78, 5) is 30.4. The van der Waals surface area contributed by atoms with Crippen LogP contribution in [0.2, 0.25) is 0 Å². The van der Waals surface area contributed by atoms with Crippen LogP contribution in [0, 0.1) is 12.8 Å². The number of carbonyl (C=O) groups is 2. The van der Waals surface area contributed by atoms with Crippen LogP contribution in [0.4, 0.5) is 0 Å². The van der Waals surface area contributed by atoms with Crippen molar-refractivity contribution in [2.45, 2.75) is 33.2 Å². The largest absolute Gasteiger partial charge is 0.466 e. The van der Waals surface area contributed by atoms with Crippen molar-refractivity contribution in [3.63, 3.8) is 0 Å². The van der Waals surface area contributed by atoms with Gasteiger partial charge in [-0.2, -0.15) is 0 Å². The maximum Gasteiger partial charge on any atom is 0.340 e. The number of nitrogens with one attached hydrogen (secondary N) is 1. The first-order chi connectivity index (χ1) is 13.0. The smallest absolute Gasteiger partial charge is 0.340 e. The average Bonchev–Trinajstić information content (AvgIpc) is 2.68. The molecule has 0 radical (unpaired) electrons. The van der Waals surface area contributed by atoms with Gasteiger partial charge in [0, 0.05) is 18.2 Å². The molecule has 6 nitrogen and oxygen atoms in total. The minimum Gasteiger partial charge on any atom is -0.466 e. The summed E-state index contributed by atoms with van der Waals surface area (Å²) < 4.78 is 10.2. The fourth-order valence-corrected chi connectivity index (χ4v) is 3.88. The third-order valence-electron chi connectivity index (χ3n) is 5.35. The molecule has 6 heteroatoms. The summed E-state index contributed by atoms with van der Waals surface area (Å²) in [6.45, 7) is 6.57. The van der Waals surface area contributed by atoms with Crippen LogP contribution in [0.25, 0.3) is 10.9 Å². The Morgan fingerprint density at radius 2 is 1.93 bits per heavy atom.